The molecule has 0 aliphatic heterocycles. The van der Waals surface area contributed by atoms with Crippen molar-refractivity contribution in [3.8, 4) is 0 Å². The standard InChI is InChI=1S/C15H19BrN2O/c1-11-3-4-13(7-14(11)16)15(8-17)18(2)9-12-5-6-19-10-12/h3-7,10,15H,8-9,17H2,1-2H3. The van der Waals surface area contributed by atoms with E-state index < -0.39 is 0 Å². The average Bonchev–Trinajstić information content (AvgIpc) is 2.87. The molecular weight excluding hydrogens is 304 g/mol. The molecule has 2 rings (SSSR count). The zero-order valence-electron chi connectivity index (χ0n) is 11.3. The molecule has 0 aliphatic rings. The minimum atomic E-state index is 0.201. The minimum Gasteiger partial charge on any atom is -0.472 e. The third-order valence-corrected chi connectivity index (χ3v) is 4.20. The predicted molar refractivity (Wildman–Crippen MR) is 80.8 cm³/mol. The fraction of sp³-hybridized carbons (Fsp3) is 0.333. The zero-order chi connectivity index (χ0) is 13.8. The van der Waals surface area contributed by atoms with Gasteiger partial charge < -0.3 is 10.2 Å². The summed E-state index contributed by atoms with van der Waals surface area (Å²) in [6.45, 7) is 3.49. The van der Waals surface area contributed by atoms with Crippen LogP contribution in [0.3, 0.4) is 0 Å². The van der Waals surface area contributed by atoms with Gasteiger partial charge in [0.15, 0.2) is 0 Å². The van der Waals surface area contributed by atoms with Gasteiger partial charge in [0.1, 0.15) is 0 Å². The molecule has 0 radical (unpaired) electrons. The molecule has 19 heavy (non-hydrogen) atoms. The maximum absolute atomic E-state index is 5.94. The van der Waals surface area contributed by atoms with E-state index in [-0.39, 0.29) is 6.04 Å². The van der Waals surface area contributed by atoms with Crippen LogP contribution in [-0.4, -0.2) is 18.5 Å². The highest BCUT2D eigenvalue weighted by atomic mass is 79.9. The maximum Gasteiger partial charge on any atom is 0.0947 e. The van der Waals surface area contributed by atoms with Crippen molar-refractivity contribution in [3.63, 3.8) is 0 Å². The topological polar surface area (TPSA) is 42.4 Å². The van der Waals surface area contributed by atoms with E-state index in [1.165, 1.54) is 11.1 Å². The van der Waals surface area contributed by atoms with Gasteiger partial charge in [-0.15, -0.1) is 0 Å². The number of rotatable bonds is 5. The number of nitrogens with zero attached hydrogens (tertiary/aromatic N) is 1. The number of furan rings is 1. The Morgan fingerprint density at radius 2 is 2.16 bits per heavy atom. The van der Waals surface area contributed by atoms with Crippen molar-refractivity contribution in [3.05, 3.63) is 58.0 Å². The molecule has 0 aliphatic carbocycles. The average molecular weight is 323 g/mol. The van der Waals surface area contributed by atoms with Crippen LogP contribution >= 0.6 is 15.9 Å². The van der Waals surface area contributed by atoms with Gasteiger partial charge in [-0.3, -0.25) is 4.90 Å². The zero-order valence-corrected chi connectivity index (χ0v) is 12.9. The summed E-state index contributed by atoms with van der Waals surface area (Å²) in [6, 6.07) is 8.59. The predicted octanol–water partition coefficient (Wildman–Crippen LogP) is 3.48. The number of nitrogens with two attached hydrogens (primary N) is 1. The smallest absolute Gasteiger partial charge is 0.0947 e. The van der Waals surface area contributed by atoms with E-state index >= 15 is 0 Å². The van der Waals surface area contributed by atoms with E-state index in [9.17, 15) is 0 Å². The van der Waals surface area contributed by atoms with Gasteiger partial charge in [0.2, 0.25) is 0 Å². The Labute approximate surface area is 122 Å². The maximum atomic E-state index is 5.94. The van der Waals surface area contributed by atoms with E-state index in [0.29, 0.717) is 6.54 Å². The third kappa shape index (κ3) is 3.47. The summed E-state index contributed by atoms with van der Waals surface area (Å²) in [7, 11) is 2.08. The fourth-order valence-electron chi connectivity index (χ4n) is 2.17. The molecule has 0 saturated carbocycles. The Kier molecular flexibility index (Phi) is 4.80. The molecule has 2 N–H and O–H groups in total. The first-order chi connectivity index (χ1) is 9.11. The first-order valence-electron chi connectivity index (χ1n) is 6.29. The van der Waals surface area contributed by atoms with Crippen molar-refractivity contribution in [2.24, 2.45) is 5.73 Å². The monoisotopic (exact) mass is 322 g/mol. The molecule has 0 spiro atoms. The summed E-state index contributed by atoms with van der Waals surface area (Å²) in [5.41, 5.74) is 9.56. The van der Waals surface area contributed by atoms with Crippen molar-refractivity contribution in [2.45, 2.75) is 19.5 Å². The third-order valence-electron chi connectivity index (χ3n) is 3.35. The molecule has 1 atom stereocenters. The Morgan fingerprint density at radius 1 is 1.37 bits per heavy atom. The van der Waals surface area contributed by atoms with Gasteiger partial charge in [0.05, 0.1) is 12.5 Å². The normalized spacial score (nSPS) is 12.9. The number of hydrogen-bond acceptors (Lipinski definition) is 3. The van der Waals surface area contributed by atoms with Crippen LogP contribution in [0, 0.1) is 6.92 Å². The van der Waals surface area contributed by atoms with E-state index in [4.69, 9.17) is 10.2 Å². The van der Waals surface area contributed by atoms with Crippen LogP contribution in [0.1, 0.15) is 22.7 Å². The molecule has 1 aromatic heterocycles. The summed E-state index contributed by atoms with van der Waals surface area (Å²) in [5, 5.41) is 0. The summed E-state index contributed by atoms with van der Waals surface area (Å²) in [6.07, 6.45) is 3.47. The first kappa shape index (κ1) is 14.3. The second kappa shape index (κ2) is 6.37. The number of aryl methyl sites for hydroxylation is 1. The Hall–Kier alpha value is -1.10. The molecule has 0 saturated heterocycles. The Morgan fingerprint density at radius 3 is 2.74 bits per heavy atom. The number of halogens is 1. The minimum absolute atomic E-state index is 0.201. The molecule has 102 valence electrons. The number of benzene rings is 1. The highest BCUT2D eigenvalue weighted by Gasteiger charge is 2.16. The lowest BCUT2D eigenvalue weighted by molar-refractivity contribution is 0.241. The molecule has 0 amide bonds. The van der Waals surface area contributed by atoms with Crippen LogP contribution in [0.4, 0.5) is 0 Å². The molecule has 0 bridgehead atoms. The Bertz CT molecular complexity index is 525. The quantitative estimate of drug-likeness (QED) is 0.916. The van der Waals surface area contributed by atoms with Gasteiger partial charge in [-0.05, 0) is 37.2 Å². The molecule has 1 heterocycles. The number of likely N-dealkylation sites (N-methyl/N-ethyl adjacent to an activating group) is 1. The van der Waals surface area contributed by atoms with Gasteiger partial charge in [-0.2, -0.15) is 0 Å². The second-order valence-electron chi connectivity index (χ2n) is 4.81. The lowest BCUT2D eigenvalue weighted by atomic mass is 10.0. The summed E-state index contributed by atoms with van der Waals surface area (Å²) < 4.78 is 6.23. The molecular formula is C15H19BrN2O. The van der Waals surface area contributed by atoms with Crippen molar-refractivity contribution in [2.75, 3.05) is 13.6 Å². The summed E-state index contributed by atoms with van der Waals surface area (Å²) in [5.74, 6) is 0. The summed E-state index contributed by atoms with van der Waals surface area (Å²) >= 11 is 3.58. The van der Waals surface area contributed by atoms with Crippen LogP contribution in [0.5, 0.6) is 0 Å². The van der Waals surface area contributed by atoms with E-state index in [1.807, 2.05) is 6.07 Å². The number of hydrogen-bond donors (Lipinski definition) is 1. The van der Waals surface area contributed by atoms with Gasteiger partial charge in [0, 0.05) is 29.2 Å². The van der Waals surface area contributed by atoms with Crippen molar-refractivity contribution < 1.29 is 4.42 Å². The Balaban J connectivity index is 2.16. The fourth-order valence-corrected chi connectivity index (χ4v) is 2.56. The van der Waals surface area contributed by atoms with Crippen LogP contribution in [0.2, 0.25) is 0 Å². The van der Waals surface area contributed by atoms with Crippen LogP contribution in [0.15, 0.2) is 45.7 Å². The van der Waals surface area contributed by atoms with Crippen molar-refractivity contribution >= 4 is 15.9 Å². The van der Waals surface area contributed by atoms with Crippen molar-refractivity contribution in [1.82, 2.24) is 4.90 Å². The van der Waals surface area contributed by atoms with Gasteiger partial charge in [0.25, 0.3) is 0 Å². The van der Waals surface area contributed by atoms with Gasteiger partial charge in [-0.25, -0.2) is 0 Å². The van der Waals surface area contributed by atoms with E-state index in [1.54, 1.807) is 12.5 Å². The van der Waals surface area contributed by atoms with Gasteiger partial charge >= 0.3 is 0 Å². The highest BCUT2D eigenvalue weighted by molar-refractivity contribution is 9.10. The SMILES string of the molecule is Cc1ccc(C(CN)N(C)Cc2ccoc2)cc1Br. The highest BCUT2D eigenvalue weighted by Crippen LogP contribution is 2.25. The molecule has 4 heteroatoms. The van der Waals surface area contributed by atoms with Crippen LogP contribution in [0.25, 0.3) is 0 Å². The molecule has 1 aromatic carbocycles. The van der Waals surface area contributed by atoms with E-state index in [2.05, 4.69) is 53.0 Å². The largest absolute Gasteiger partial charge is 0.472 e. The molecule has 3 nitrogen and oxygen atoms in total. The lowest BCUT2D eigenvalue weighted by Gasteiger charge is -2.27. The second-order valence-corrected chi connectivity index (χ2v) is 5.66. The van der Waals surface area contributed by atoms with Crippen molar-refractivity contribution in [1.29, 1.82) is 0 Å². The van der Waals surface area contributed by atoms with E-state index in [0.717, 1.165) is 16.6 Å². The first-order valence-corrected chi connectivity index (χ1v) is 7.08. The van der Waals surface area contributed by atoms with Gasteiger partial charge in [-0.1, -0.05) is 28.1 Å². The summed E-state index contributed by atoms with van der Waals surface area (Å²) in [4.78, 5) is 2.24. The molecule has 2 aromatic rings. The molecule has 1 unspecified atom stereocenters. The lowest BCUT2D eigenvalue weighted by Crippen LogP contribution is -2.30. The molecule has 0 fully saturated rings. The van der Waals surface area contributed by atoms with Crippen LogP contribution in [-0.2, 0) is 6.54 Å². The van der Waals surface area contributed by atoms with Crippen LogP contribution < -0.4 is 5.73 Å².